The van der Waals surface area contributed by atoms with Crippen molar-refractivity contribution < 1.29 is 9.50 Å². The molecule has 1 aliphatic carbocycles. The number of aliphatic hydroxyl groups is 1. The largest absolute Gasteiger partial charge is 0.393 e. The molecule has 2 aromatic heterocycles. The molecule has 1 aromatic carbocycles. The van der Waals surface area contributed by atoms with E-state index in [9.17, 15) is 14.3 Å². The van der Waals surface area contributed by atoms with Gasteiger partial charge in [-0.15, -0.1) is 0 Å². The summed E-state index contributed by atoms with van der Waals surface area (Å²) in [5.74, 6) is 0.417. The van der Waals surface area contributed by atoms with Gasteiger partial charge in [0.15, 0.2) is 0 Å². The van der Waals surface area contributed by atoms with Crippen molar-refractivity contribution in [3.63, 3.8) is 0 Å². The summed E-state index contributed by atoms with van der Waals surface area (Å²) in [4.78, 5) is 18.0. The average molecular weight is 452 g/mol. The van der Waals surface area contributed by atoms with Crippen molar-refractivity contribution in [2.24, 2.45) is 0 Å². The first-order chi connectivity index (χ1) is 16.1. The highest BCUT2D eigenvalue weighted by Crippen LogP contribution is 2.28. The summed E-state index contributed by atoms with van der Waals surface area (Å²) in [7, 11) is 0. The summed E-state index contributed by atoms with van der Waals surface area (Å²) in [5, 5.41) is 16.6. The van der Waals surface area contributed by atoms with E-state index in [1.807, 2.05) is 22.9 Å². The zero-order chi connectivity index (χ0) is 22.8. The standard InChI is InChI=1S/C25H30FN5O2/c26-18-1-5-21(6-2-18)31-23(16-30(25(31)33)20-10-12-27-13-11-20)17-9-14-28-24(15-17)29-19-3-7-22(32)8-4-19/h1-2,5-6,9,14-16,19-20,22,27,32H,3-4,7-8,10-13H2,(H,28,29). The molecule has 0 amide bonds. The monoisotopic (exact) mass is 451 g/mol. The van der Waals surface area contributed by atoms with Crippen LogP contribution in [-0.4, -0.2) is 44.5 Å². The van der Waals surface area contributed by atoms with Gasteiger partial charge in [0, 0.05) is 30.0 Å². The molecule has 5 rings (SSSR count). The topological polar surface area (TPSA) is 84.1 Å². The minimum absolute atomic E-state index is 0.115. The van der Waals surface area contributed by atoms with Crippen molar-refractivity contribution in [3.8, 4) is 16.9 Å². The first-order valence-corrected chi connectivity index (χ1v) is 11.8. The van der Waals surface area contributed by atoms with E-state index in [1.54, 1.807) is 22.9 Å². The molecule has 0 spiro atoms. The lowest BCUT2D eigenvalue weighted by Crippen LogP contribution is -2.34. The first kappa shape index (κ1) is 21.9. The smallest absolute Gasteiger partial charge is 0.333 e. The summed E-state index contributed by atoms with van der Waals surface area (Å²) < 4.78 is 17.1. The molecule has 2 aliphatic rings. The molecular formula is C25H30FN5O2. The number of piperidine rings is 1. The zero-order valence-corrected chi connectivity index (χ0v) is 18.6. The Hall–Kier alpha value is -2.97. The normalized spacial score (nSPS) is 21.8. The van der Waals surface area contributed by atoms with Crippen LogP contribution in [0.4, 0.5) is 10.2 Å². The molecule has 2 fully saturated rings. The number of hydrogen-bond donors (Lipinski definition) is 3. The van der Waals surface area contributed by atoms with Crippen LogP contribution >= 0.6 is 0 Å². The van der Waals surface area contributed by atoms with E-state index in [4.69, 9.17) is 0 Å². The third-order valence-corrected chi connectivity index (χ3v) is 6.81. The molecule has 3 aromatic rings. The van der Waals surface area contributed by atoms with Crippen molar-refractivity contribution in [1.82, 2.24) is 19.4 Å². The van der Waals surface area contributed by atoms with Crippen molar-refractivity contribution in [2.75, 3.05) is 18.4 Å². The summed E-state index contributed by atoms with van der Waals surface area (Å²) in [6, 6.07) is 10.3. The van der Waals surface area contributed by atoms with Gasteiger partial charge in [0.05, 0.1) is 17.5 Å². The SMILES string of the molecule is O=c1n(C2CCNCC2)cc(-c2ccnc(NC3CCC(O)CC3)c2)n1-c1ccc(F)cc1. The van der Waals surface area contributed by atoms with Gasteiger partial charge >= 0.3 is 5.69 Å². The molecule has 33 heavy (non-hydrogen) atoms. The molecular weight excluding hydrogens is 421 g/mol. The summed E-state index contributed by atoms with van der Waals surface area (Å²) in [6.45, 7) is 1.77. The Balaban J connectivity index is 1.52. The van der Waals surface area contributed by atoms with E-state index in [2.05, 4.69) is 15.6 Å². The highest BCUT2D eigenvalue weighted by Gasteiger charge is 2.23. The molecule has 3 N–H and O–H groups in total. The van der Waals surface area contributed by atoms with Crippen LogP contribution in [-0.2, 0) is 0 Å². The molecule has 7 nitrogen and oxygen atoms in total. The molecule has 3 heterocycles. The Morgan fingerprint density at radius 3 is 2.48 bits per heavy atom. The van der Waals surface area contributed by atoms with Gasteiger partial charge < -0.3 is 15.7 Å². The molecule has 8 heteroatoms. The van der Waals surface area contributed by atoms with Crippen molar-refractivity contribution in [3.05, 3.63) is 65.1 Å². The van der Waals surface area contributed by atoms with Gasteiger partial charge in [0.1, 0.15) is 11.6 Å². The maximum Gasteiger partial charge on any atom is 0.333 e. The van der Waals surface area contributed by atoms with Gasteiger partial charge in [-0.1, -0.05) is 0 Å². The van der Waals surface area contributed by atoms with Crippen LogP contribution in [0.15, 0.2) is 53.6 Å². The average Bonchev–Trinajstić information content (AvgIpc) is 3.19. The van der Waals surface area contributed by atoms with Gasteiger partial charge in [-0.25, -0.2) is 14.2 Å². The Morgan fingerprint density at radius 2 is 1.76 bits per heavy atom. The van der Waals surface area contributed by atoms with Gasteiger partial charge in [-0.3, -0.25) is 9.13 Å². The van der Waals surface area contributed by atoms with Crippen molar-refractivity contribution >= 4 is 5.82 Å². The molecule has 174 valence electrons. The Bertz CT molecular complexity index is 1140. The highest BCUT2D eigenvalue weighted by molar-refractivity contribution is 5.65. The minimum Gasteiger partial charge on any atom is -0.393 e. The predicted molar refractivity (Wildman–Crippen MR) is 126 cm³/mol. The fourth-order valence-electron chi connectivity index (χ4n) is 4.95. The predicted octanol–water partition coefficient (Wildman–Crippen LogP) is 3.48. The van der Waals surface area contributed by atoms with Crippen LogP contribution in [0.3, 0.4) is 0 Å². The van der Waals surface area contributed by atoms with Crippen LogP contribution in [0.5, 0.6) is 0 Å². The van der Waals surface area contributed by atoms with Crippen LogP contribution in [0.1, 0.15) is 44.6 Å². The number of hydrogen-bond acceptors (Lipinski definition) is 5. The molecule has 1 saturated carbocycles. The number of aromatic nitrogens is 3. The second kappa shape index (κ2) is 9.49. The fraction of sp³-hybridized carbons (Fsp3) is 0.440. The van der Waals surface area contributed by atoms with E-state index in [0.29, 0.717) is 5.69 Å². The lowest BCUT2D eigenvalue weighted by molar-refractivity contribution is 0.126. The fourth-order valence-corrected chi connectivity index (χ4v) is 4.95. The summed E-state index contributed by atoms with van der Waals surface area (Å²) in [6.07, 6.45) is 8.64. The minimum atomic E-state index is -0.334. The molecule has 0 atom stereocenters. The van der Waals surface area contributed by atoms with E-state index in [-0.39, 0.29) is 29.7 Å². The lowest BCUT2D eigenvalue weighted by atomic mass is 9.93. The summed E-state index contributed by atoms with van der Waals surface area (Å²) in [5.41, 5.74) is 2.15. The molecule has 0 bridgehead atoms. The third-order valence-electron chi connectivity index (χ3n) is 6.81. The second-order valence-corrected chi connectivity index (χ2v) is 9.08. The molecule has 0 unspecified atom stereocenters. The maximum atomic E-state index is 13.6. The number of pyridine rings is 1. The van der Waals surface area contributed by atoms with Crippen LogP contribution in [0, 0.1) is 5.82 Å². The van der Waals surface area contributed by atoms with E-state index in [0.717, 1.165) is 68.7 Å². The zero-order valence-electron chi connectivity index (χ0n) is 18.6. The number of nitrogens with one attached hydrogen (secondary N) is 2. The quantitative estimate of drug-likeness (QED) is 0.553. The van der Waals surface area contributed by atoms with Crippen molar-refractivity contribution in [2.45, 2.75) is 56.7 Å². The van der Waals surface area contributed by atoms with Crippen molar-refractivity contribution in [1.29, 1.82) is 0 Å². The molecule has 1 aliphatic heterocycles. The number of rotatable bonds is 5. The molecule has 0 radical (unpaired) electrons. The number of benzene rings is 1. The van der Waals surface area contributed by atoms with E-state index in [1.165, 1.54) is 12.1 Å². The van der Waals surface area contributed by atoms with Gasteiger partial charge in [-0.05, 0) is 88.0 Å². The number of imidazole rings is 1. The van der Waals surface area contributed by atoms with E-state index >= 15 is 0 Å². The number of nitrogens with zero attached hydrogens (tertiary/aromatic N) is 3. The summed E-state index contributed by atoms with van der Waals surface area (Å²) >= 11 is 0. The van der Waals surface area contributed by atoms with Crippen LogP contribution in [0.2, 0.25) is 0 Å². The van der Waals surface area contributed by atoms with Gasteiger partial charge in [-0.2, -0.15) is 0 Å². The first-order valence-electron chi connectivity index (χ1n) is 11.8. The number of halogens is 1. The van der Waals surface area contributed by atoms with Crippen LogP contribution < -0.4 is 16.3 Å². The Morgan fingerprint density at radius 1 is 1.03 bits per heavy atom. The number of anilines is 1. The van der Waals surface area contributed by atoms with Crippen LogP contribution in [0.25, 0.3) is 16.9 Å². The maximum absolute atomic E-state index is 13.6. The Kier molecular flexibility index (Phi) is 6.28. The molecule has 1 saturated heterocycles. The third kappa shape index (κ3) is 4.72. The number of aliphatic hydroxyl groups excluding tert-OH is 1. The second-order valence-electron chi connectivity index (χ2n) is 9.08. The van der Waals surface area contributed by atoms with Gasteiger partial charge in [0.2, 0.25) is 0 Å². The van der Waals surface area contributed by atoms with Gasteiger partial charge in [0.25, 0.3) is 0 Å². The van der Waals surface area contributed by atoms with E-state index < -0.39 is 0 Å². The highest BCUT2D eigenvalue weighted by atomic mass is 19.1. The Labute approximate surface area is 192 Å². The lowest BCUT2D eigenvalue weighted by Gasteiger charge is -2.26.